The normalized spacial score (nSPS) is 16.2. The third-order valence-corrected chi connectivity index (χ3v) is 4.74. The average Bonchev–Trinajstić information content (AvgIpc) is 2.84. The summed E-state index contributed by atoms with van der Waals surface area (Å²) in [6.07, 6.45) is 0.395. The molecule has 1 aromatic rings. The Hall–Kier alpha value is -1.37. The average molecular weight is 318 g/mol. The molecule has 3 nitrogen and oxygen atoms in total. The SMILES string of the molecule is C=CC(=O)N(Cc1nc2c(s1)CCCC2)[C@H](C)C(F)(F)F. The smallest absolute Gasteiger partial charge is 0.321 e. The Kier molecular flexibility index (Phi) is 4.70. The molecule has 1 aromatic heterocycles. The zero-order valence-corrected chi connectivity index (χ0v) is 12.6. The van der Waals surface area contributed by atoms with Crippen LogP contribution in [0.15, 0.2) is 12.7 Å². The highest BCUT2D eigenvalue weighted by Gasteiger charge is 2.41. The summed E-state index contributed by atoms with van der Waals surface area (Å²) in [4.78, 5) is 18.0. The number of hydrogen-bond donors (Lipinski definition) is 0. The lowest BCUT2D eigenvalue weighted by Crippen LogP contribution is -2.45. The van der Waals surface area contributed by atoms with Crippen molar-refractivity contribution in [2.45, 2.75) is 51.4 Å². The number of thiazole rings is 1. The van der Waals surface area contributed by atoms with Crippen molar-refractivity contribution >= 4 is 17.2 Å². The van der Waals surface area contributed by atoms with Crippen LogP contribution < -0.4 is 0 Å². The summed E-state index contributed by atoms with van der Waals surface area (Å²) in [5.74, 6) is -0.729. The van der Waals surface area contributed by atoms with E-state index in [0.717, 1.165) is 54.2 Å². The van der Waals surface area contributed by atoms with E-state index in [0.29, 0.717) is 5.01 Å². The van der Waals surface area contributed by atoms with Gasteiger partial charge in [-0.2, -0.15) is 13.2 Å². The standard InChI is InChI=1S/C14H17F3N2OS/c1-3-13(20)19(9(2)14(15,16)17)8-12-18-10-6-4-5-7-11(10)21-12/h3,9H,1,4-8H2,2H3/t9-/m1/s1. The van der Waals surface area contributed by atoms with Gasteiger partial charge in [0.2, 0.25) is 5.91 Å². The molecule has 0 unspecified atom stereocenters. The molecule has 1 aliphatic carbocycles. The predicted octanol–water partition coefficient (Wildman–Crippen LogP) is 3.49. The van der Waals surface area contributed by atoms with Crippen LogP contribution >= 0.6 is 11.3 Å². The van der Waals surface area contributed by atoms with Gasteiger partial charge in [0.15, 0.2) is 0 Å². The minimum Gasteiger partial charge on any atom is -0.321 e. The summed E-state index contributed by atoms with van der Waals surface area (Å²) in [6, 6.07) is -1.86. The maximum absolute atomic E-state index is 12.9. The molecule has 1 aliphatic rings. The van der Waals surface area contributed by atoms with Crippen LogP contribution in [-0.2, 0) is 24.2 Å². The van der Waals surface area contributed by atoms with Crippen molar-refractivity contribution in [2.24, 2.45) is 0 Å². The van der Waals surface area contributed by atoms with Crippen LogP contribution in [0, 0.1) is 0 Å². The molecule has 0 spiro atoms. The number of fused-ring (bicyclic) bond motifs is 1. The van der Waals surface area contributed by atoms with Gasteiger partial charge in [0.05, 0.1) is 12.2 Å². The van der Waals surface area contributed by atoms with E-state index in [-0.39, 0.29) is 6.54 Å². The maximum atomic E-state index is 12.9. The monoisotopic (exact) mass is 318 g/mol. The quantitative estimate of drug-likeness (QED) is 0.796. The van der Waals surface area contributed by atoms with Gasteiger partial charge in [-0.3, -0.25) is 4.79 Å². The Balaban J connectivity index is 2.20. The minimum absolute atomic E-state index is 0.122. The van der Waals surface area contributed by atoms with Gasteiger partial charge in [-0.25, -0.2) is 4.98 Å². The molecular formula is C14H17F3N2OS. The van der Waals surface area contributed by atoms with Gasteiger partial charge in [0.25, 0.3) is 0 Å². The van der Waals surface area contributed by atoms with Crippen molar-refractivity contribution in [1.82, 2.24) is 9.88 Å². The molecule has 7 heteroatoms. The second-order valence-electron chi connectivity index (χ2n) is 5.07. The molecule has 0 aromatic carbocycles. The van der Waals surface area contributed by atoms with Crippen molar-refractivity contribution in [3.05, 3.63) is 28.2 Å². The fourth-order valence-corrected chi connectivity index (χ4v) is 3.47. The lowest BCUT2D eigenvalue weighted by Gasteiger charge is -2.29. The Labute approximate surface area is 125 Å². The molecule has 21 heavy (non-hydrogen) atoms. The van der Waals surface area contributed by atoms with Gasteiger partial charge >= 0.3 is 6.18 Å². The third-order valence-electron chi connectivity index (χ3n) is 3.59. The number of rotatable bonds is 4. The molecule has 116 valence electrons. The zero-order chi connectivity index (χ0) is 15.6. The Morgan fingerprint density at radius 3 is 2.71 bits per heavy atom. The van der Waals surface area contributed by atoms with Crippen molar-refractivity contribution in [3.8, 4) is 0 Å². The first-order valence-electron chi connectivity index (χ1n) is 6.80. The molecule has 2 rings (SSSR count). The van der Waals surface area contributed by atoms with Crippen molar-refractivity contribution in [1.29, 1.82) is 0 Å². The molecule has 1 heterocycles. The summed E-state index contributed by atoms with van der Waals surface area (Å²) >= 11 is 1.41. The van der Waals surface area contributed by atoms with Crippen LogP contribution in [0.2, 0.25) is 0 Å². The number of halogens is 3. The topological polar surface area (TPSA) is 33.2 Å². The molecule has 1 atom stereocenters. The Morgan fingerprint density at radius 1 is 1.48 bits per heavy atom. The van der Waals surface area contributed by atoms with Gasteiger partial charge < -0.3 is 4.90 Å². The van der Waals surface area contributed by atoms with Crippen LogP contribution in [-0.4, -0.2) is 28.0 Å². The number of amides is 1. The largest absolute Gasteiger partial charge is 0.408 e. The summed E-state index contributed by atoms with van der Waals surface area (Å²) in [5, 5.41) is 0.563. The van der Waals surface area contributed by atoms with E-state index in [2.05, 4.69) is 11.6 Å². The van der Waals surface area contributed by atoms with Crippen LogP contribution in [0.3, 0.4) is 0 Å². The molecule has 1 amide bonds. The first-order chi connectivity index (χ1) is 9.82. The number of carbonyl (C=O) groups is 1. The van der Waals surface area contributed by atoms with E-state index in [4.69, 9.17) is 0 Å². The van der Waals surface area contributed by atoms with Crippen LogP contribution in [0.5, 0.6) is 0 Å². The van der Waals surface area contributed by atoms with E-state index in [9.17, 15) is 18.0 Å². The van der Waals surface area contributed by atoms with E-state index in [1.807, 2.05) is 0 Å². The van der Waals surface area contributed by atoms with Gasteiger partial charge in [0.1, 0.15) is 11.0 Å². The fourth-order valence-electron chi connectivity index (χ4n) is 2.32. The van der Waals surface area contributed by atoms with Gasteiger partial charge in [-0.05, 0) is 38.7 Å². The van der Waals surface area contributed by atoms with Crippen molar-refractivity contribution in [2.75, 3.05) is 0 Å². The highest BCUT2D eigenvalue weighted by Crippen LogP contribution is 2.30. The van der Waals surface area contributed by atoms with Crippen LogP contribution in [0.4, 0.5) is 13.2 Å². The van der Waals surface area contributed by atoms with Gasteiger partial charge in [-0.15, -0.1) is 11.3 Å². The van der Waals surface area contributed by atoms with Crippen molar-refractivity contribution < 1.29 is 18.0 Å². The zero-order valence-electron chi connectivity index (χ0n) is 11.7. The molecule has 0 saturated heterocycles. The number of aryl methyl sites for hydroxylation is 2. The fraction of sp³-hybridized carbons (Fsp3) is 0.571. The number of aromatic nitrogens is 1. The van der Waals surface area contributed by atoms with Gasteiger partial charge in [-0.1, -0.05) is 6.58 Å². The summed E-state index contributed by atoms with van der Waals surface area (Å²) in [5.41, 5.74) is 0.979. The lowest BCUT2D eigenvalue weighted by molar-refractivity contribution is -0.185. The number of carbonyl (C=O) groups excluding carboxylic acids is 1. The van der Waals surface area contributed by atoms with Gasteiger partial charge in [0, 0.05) is 4.88 Å². The number of nitrogens with zero attached hydrogens (tertiary/aromatic N) is 2. The van der Waals surface area contributed by atoms with E-state index in [1.54, 1.807) is 0 Å². The number of alkyl halides is 3. The van der Waals surface area contributed by atoms with Crippen LogP contribution in [0.1, 0.15) is 35.3 Å². The predicted molar refractivity (Wildman–Crippen MR) is 75.0 cm³/mol. The molecule has 0 fully saturated rings. The second kappa shape index (κ2) is 6.17. The molecule has 0 aliphatic heterocycles. The Morgan fingerprint density at radius 2 is 2.14 bits per heavy atom. The highest BCUT2D eigenvalue weighted by atomic mass is 32.1. The van der Waals surface area contributed by atoms with E-state index < -0.39 is 18.1 Å². The van der Waals surface area contributed by atoms with E-state index in [1.165, 1.54) is 11.3 Å². The lowest BCUT2D eigenvalue weighted by atomic mass is 10.0. The first-order valence-corrected chi connectivity index (χ1v) is 7.61. The molecular weight excluding hydrogens is 301 g/mol. The third kappa shape index (κ3) is 3.64. The molecule has 0 bridgehead atoms. The maximum Gasteiger partial charge on any atom is 0.408 e. The first kappa shape index (κ1) is 16.0. The summed E-state index contributed by atoms with van der Waals surface area (Å²) in [6.45, 7) is 4.14. The summed E-state index contributed by atoms with van der Waals surface area (Å²) < 4.78 is 38.6. The molecule has 0 radical (unpaired) electrons. The molecule has 0 saturated carbocycles. The van der Waals surface area contributed by atoms with Crippen LogP contribution in [0.25, 0.3) is 0 Å². The highest BCUT2D eigenvalue weighted by molar-refractivity contribution is 7.11. The second-order valence-corrected chi connectivity index (χ2v) is 6.24. The Bertz CT molecular complexity index is 515. The molecule has 0 N–H and O–H groups in total. The van der Waals surface area contributed by atoms with E-state index >= 15 is 0 Å². The minimum atomic E-state index is -4.46. The summed E-state index contributed by atoms with van der Waals surface area (Å²) in [7, 11) is 0. The number of hydrogen-bond acceptors (Lipinski definition) is 3. The van der Waals surface area contributed by atoms with Crippen molar-refractivity contribution in [3.63, 3.8) is 0 Å².